The Labute approximate surface area is 125 Å². The lowest BCUT2D eigenvalue weighted by atomic mass is 9.98. The van der Waals surface area contributed by atoms with Crippen LogP contribution in [-0.4, -0.2) is 36.0 Å². The molecule has 2 aliphatic heterocycles. The number of amides is 1. The van der Waals surface area contributed by atoms with E-state index in [1.54, 1.807) is 11.3 Å². The van der Waals surface area contributed by atoms with Crippen molar-refractivity contribution in [3.63, 3.8) is 0 Å². The van der Waals surface area contributed by atoms with E-state index in [0.29, 0.717) is 18.1 Å². The van der Waals surface area contributed by atoms with E-state index in [9.17, 15) is 4.79 Å². The molecule has 2 bridgehead atoms. The average molecular weight is 292 g/mol. The largest absolute Gasteiger partial charge is 0.338 e. The Morgan fingerprint density at radius 2 is 2.05 bits per heavy atom. The van der Waals surface area contributed by atoms with Crippen molar-refractivity contribution in [2.45, 2.75) is 64.1 Å². The molecule has 2 saturated heterocycles. The summed E-state index contributed by atoms with van der Waals surface area (Å²) in [5, 5.41) is 3.64. The lowest BCUT2D eigenvalue weighted by molar-refractivity contribution is 0.0686. The molecule has 3 rings (SSSR count). The molecule has 1 aromatic heterocycles. The smallest absolute Gasteiger partial charge is 0.263 e. The Morgan fingerprint density at radius 3 is 2.60 bits per heavy atom. The Balaban J connectivity index is 1.72. The summed E-state index contributed by atoms with van der Waals surface area (Å²) >= 11 is 1.67. The summed E-state index contributed by atoms with van der Waals surface area (Å²) in [6.07, 6.45) is 5.81. The van der Waals surface area contributed by atoms with E-state index in [4.69, 9.17) is 0 Å². The monoisotopic (exact) mass is 292 g/mol. The number of fused-ring (bicyclic) bond motifs is 2. The summed E-state index contributed by atoms with van der Waals surface area (Å²) in [6, 6.07) is 3.74. The van der Waals surface area contributed by atoms with Crippen LogP contribution < -0.4 is 5.32 Å². The van der Waals surface area contributed by atoms with Crippen LogP contribution in [0.5, 0.6) is 0 Å². The van der Waals surface area contributed by atoms with Gasteiger partial charge in [0, 0.05) is 30.1 Å². The van der Waals surface area contributed by atoms with E-state index < -0.39 is 0 Å². The number of carbonyl (C=O) groups is 1. The Morgan fingerprint density at radius 1 is 1.40 bits per heavy atom. The summed E-state index contributed by atoms with van der Waals surface area (Å²) in [5.41, 5.74) is 1.26. The maximum absolute atomic E-state index is 12.7. The third-order valence-corrected chi connectivity index (χ3v) is 6.24. The number of hydrogen-bond acceptors (Lipinski definition) is 3. The van der Waals surface area contributed by atoms with Crippen LogP contribution in [0.1, 0.15) is 52.7 Å². The molecule has 0 aliphatic carbocycles. The summed E-state index contributed by atoms with van der Waals surface area (Å²) in [6.45, 7) is 4.26. The number of aryl methyl sites for hydroxylation is 2. The Kier molecular flexibility index (Phi) is 3.87. The van der Waals surface area contributed by atoms with E-state index in [1.165, 1.54) is 23.3 Å². The fraction of sp³-hybridized carbons (Fsp3) is 0.688. The third-order valence-electron chi connectivity index (χ3n) is 4.87. The minimum Gasteiger partial charge on any atom is -0.338 e. The van der Waals surface area contributed by atoms with Gasteiger partial charge < -0.3 is 10.2 Å². The number of carbonyl (C=O) groups excluding carboxylic acids is 1. The van der Waals surface area contributed by atoms with Gasteiger partial charge in [-0.05, 0) is 50.7 Å². The topological polar surface area (TPSA) is 32.3 Å². The molecule has 2 aliphatic rings. The molecule has 0 spiro atoms. The van der Waals surface area contributed by atoms with Gasteiger partial charge in [0.2, 0.25) is 0 Å². The molecule has 2 atom stereocenters. The maximum Gasteiger partial charge on any atom is 0.263 e. The Bertz CT molecular complexity index is 499. The minimum absolute atomic E-state index is 0.212. The van der Waals surface area contributed by atoms with E-state index in [2.05, 4.69) is 25.2 Å². The number of piperidine rings is 1. The van der Waals surface area contributed by atoms with Crippen molar-refractivity contribution in [3.8, 4) is 0 Å². The molecular weight excluding hydrogens is 268 g/mol. The number of rotatable bonds is 3. The van der Waals surface area contributed by atoms with Crippen LogP contribution in [0.4, 0.5) is 0 Å². The van der Waals surface area contributed by atoms with Crippen molar-refractivity contribution in [2.24, 2.45) is 0 Å². The SMILES string of the molecule is CCc1sc(C(=O)N(C)C2CC3CCC(C2)N3)cc1C. The molecule has 1 amide bonds. The van der Waals surface area contributed by atoms with Crippen molar-refractivity contribution in [2.75, 3.05) is 7.05 Å². The number of thiophene rings is 1. The predicted molar refractivity (Wildman–Crippen MR) is 83.5 cm³/mol. The standard InChI is InChI=1S/C16H24N2OS/c1-4-14-10(2)7-15(20-14)16(19)18(3)13-8-11-5-6-12(9-13)17-11/h7,11-13,17H,4-6,8-9H2,1-3H3. The zero-order valence-corrected chi connectivity index (χ0v) is 13.4. The predicted octanol–water partition coefficient (Wildman–Crippen LogP) is 2.97. The first kappa shape index (κ1) is 14.1. The highest BCUT2D eigenvalue weighted by atomic mass is 32.1. The van der Waals surface area contributed by atoms with Crippen LogP contribution in [0.3, 0.4) is 0 Å². The summed E-state index contributed by atoms with van der Waals surface area (Å²) < 4.78 is 0. The second-order valence-corrected chi connectivity index (χ2v) is 7.39. The van der Waals surface area contributed by atoms with Gasteiger partial charge in [-0.1, -0.05) is 6.92 Å². The van der Waals surface area contributed by atoms with Gasteiger partial charge in [-0.3, -0.25) is 4.79 Å². The zero-order chi connectivity index (χ0) is 14.3. The Hall–Kier alpha value is -0.870. The molecule has 0 saturated carbocycles. The lowest BCUT2D eigenvalue weighted by Crippen LogP contribution is -2.48. The molecule has 4 heteroatoms. The number of nitrogens with zero attached hydrogens (tertiary/aromatic N) is 1. The van der Waals surface area contributed by atoms with Gasteiger partial charge >= 0.3 is 0 Å². The van der Waals surface area contributed by atoms with Crippen LogP contribution in [0.15, 0.2) is 6.07 Å². The van der Waals surface area contributed by atoms with Crippen molar-refractivity contribution in [1.82, 2.24) is 10.2 Å². The second kappa shape index (κ2) is 5.49. The van der Waals surface area contributed by atoms with E-state index in [-0.39, 0.29) is 5.91 Å². The van der Waals surface area contributed by atoms with E-state index in [0.717, 1.165) is 24.1 Å². The average Bonchev–Trinajstić information content (AvgIpc) is 2.99. The molecule has 20 heavy (non-hydrogen) atoms. The van der Waals surface area contributed by atoms with Crippen LogP contribution in [-0.2, 0) is 6.42 Å². The van der Waals surface area contributed by atoms with Gasteiger partial charge in [-0.2, -0.15) is 0 Å². The summed E-state index contributed by atoms with van der Waals surface area (Å²) in [7, 11) is 1.98. The van der Waals surface area contributed by atoms with Crippen molar-refractivity contribution in [1.29, 1.82) is 0 Å². The van der Waals surface area contributed by atoms with Gasteiger partial charge in [0.25, 0.3) is 5.91 Å². The summed E-state index contributed by atoms with van der Waals surface area (Å²) in [4.78, 5) is 16.9. The third kappa shape index (κ3) is 2.51. The maximum atomic E-state index is 12.7. The first-order valence-corrected chi connectivity index (χ1v) is 8.52. The van der Waals surface area contributed by atoms with Crippen molar-refractivity contribution in [3.05, 3.63) is 21.4 Å². The molecule has 0 aromatic carbocycles. The first-order valence-electron chi connectivity index (χ1n) is 7.71. The van der Waals surface area contributed by atoms with Gasteiger partial charge in [0.15, 0.2) is 0 Å². The van der Waals surface area contributed by atoms with Crippen LogP contribution in [0, 0.1) is 6.92 Å². The quantitative estimate of drug-likeness (QED) is 0.929. The highest BCUT2D eigenvalue weighted by Crippen LogP contribution is 2.31. The molecule has 3 nitrogen and oxygen atoms in total. The van der Waals surface area contributed by atoms with E-state index in [1.807, 2.05) is 11.9 Å². The highest BCUT2D eigenvalue weighted by Gasteiger charge is 2.36. The van der Waals surface area contributed by atoms with E-state index >= 15 is 0 Å². The van der Waals surface area contributed by atoms with Crippen molar-refractivity contribution < 1.29 is 4.79 Å². The first-order chi connectivity index (χ1) is 9.58. The minimum atomic E-state index is 0.212. The molecule has 2 unspecified atom stereocenters. The van der Waals surface area contributed by atoms with Gasteiger partial charge in [-0.25, -0.2) is 0 Å². The van der Waals surface area contributed by atoms with Gasteiger partial charge in [-0.15, -0.1) is 11.3 Å². The number of nitrogens with one attached hydrogen (secondary N) is 1. The molecule has 0 radical (unpaired) electrons. The second-order valence-electron chi connectivity index (χ2n) is 6.25. The molecule has 3 heterocycles. The molecule has 110 valence electrons. The van der Waals surface area contributed by atoms with Crippen LogP contribution >= 0.6 is 11.3 Å². The van der Waals surface area contributed by atoms with Gasteiger partial charge in [0.05, 0.1) is 4.88 Å². The molecule has 1 aromatic rings. The normalized spacial score (nSPS) is 28.6. The molecule has 1 N–H and O–H groups in total. The summed E-state index contributed by atoms with van der Waals surface area (Å²) in [5.74, 6) is 0.212. The van der Waals surface area contributed by atoms with Crippen LogP contribution in [0.25, 0.3) is 0 Å². The molecule has 2 fully saturated rings. The van der Waals surface area contributed by atoms with Gasteiger partial charge in [0.1, 0.15) is 0 Å². The fourth-order valence-corrected chi connectivity index (χ4v) is 4.76. The van der Waals surface area contributed by atoms with Crippen molar-refractivity contribution >= 4 is 17.2 Å². The lowest BCUT2D eigenvalue weighted by Gasteiger charge is -2.35. The van der Waals surface area contributed by atoms with Crippen LogP contribution in [0.2, 0.25) is 0 Å². The fourth-order valence-electron chi connectivity index (χ4n) is 3.66. The molecular formula is C16H24N2OS. The zero-order valence-electron chi connectivity index (χ0n) is 12.6. The number of hydrogen-bond donors (Lipinski definition) is 1. The highest BCUT2D eigenvalue weighted by molar-refractivity contribution is 7.14.